The van der Waals surface area contributed by atoms with Gasteiger partial charge in [-0.2, -0.15) is 0 Å². The summed E-state index contributed by atoms with van der Waals surface area (Å²) in [6, 6.07) is 3.79. The number of nitrogens with one attached hydrogen (secondary N) is 1. The molecule has 0 spiro atoms. The first-order chi connectivity index (χ1) is 7.66. The fourth-order valence-electron chi connectivity index (χ4n) is 1.33. The predicted octanol–water partition coefficient (Wildman–Crippen LogP) is 3.34. The Morgan fingerprint density at radius 3 is 2.56 bits per heavy atom. The van der Waals surface area contributed by atoms with Crippen molar-refractivity contribution < 1.29 is 8.78 Å². The Morgan fingerprint density at radius 1 is 1.31 bits per heavy atom. The third kappa shape index (κ3) is 2.36. The molecule has 1 aromatic heterocycles. The maximum atomic E-state index is 13.2. The van der Waals surface area contributed by atoms with Gasteiger partial charge in [-0.25, -0.2) is 13.8 Å². The van der Waals surface area contributed by atoms with Crippen LogP contribution in [0.1, 0.15) is 9.88 Å². The van der Waals surface area contributed by atoms with Crippen molar-refractivity contribution in [3.63, 3.8) is 0 Å². The van der Waals surface area contributed by atoms with Gasteiger partial charge >= 0.3 is 0 Å². The quantitative estimate of drug-likeness (QED) is 0.890. The minimum Gasteiger partial charge on any atom is -0.375 e. The Hall–Kier alpha value is -1.49. The zero-order chi connectivity index (χ0) is 11.5. The van der Waals surface area contributed by atoms with E-state index >= 15 is 0 Å². The summed E-state index contributed by atoms with van der Waals surface area (Å²) in [5.41, 5.74) is -0.0893. The normalized spacial score (nSPS) is 10.4. The lowest BCUT2D eigenvalue weighted by Crippen LogP contribution is -2.02. The van der Waals surface area contributed by atoms with Crippen LogP contribution in [0.3, 0.4) is 0 Å². The standard InChI is InChI=1S/C11H10F2N2S/c1-7-14-5-8(16-7)6-15-11-9(12)3-2-4-10(11)13/h2-5,15H,6H2,1H3. The number of benzene rings is 1. The highest BCUT2D eigenvalue weighted by Gasteiger charge is 2.07. The molecule has 0 saturated carbocycles. The van der Waals surface area contributed by atoms with Crippen molar-refractivity contribution in [2.45, 2.75) is 13.5 Å². The number of para-hydroxylation sites is 1. The molecule has 0 fully saturated rings. The largest absolute Gasteiger partial charge is 0.375 e. The summed E-state index contributed by atoms with van der Waals surface area (Å²) in [5, 5.41) is 3.67. The molecule has 2 nitrogen and oxygen atoms in total. The van der Waals surface area contributed by atoms with E-state index in [1.54, 1.807) is 6.20 Å². The minimum absolute atomic E-state index is 0.0893. The number of nitrogens with zero attached hydrogens (tertiary/aromatic N) is 1. The molecule has 0 radical (unpaired) electrons. The van der Waals surface area contributed by atoms with Crippen molar-refractivity contribution in [2.75, 3.05) is 5.32 Å². The lowest BCUT2D eigenvalue weighted by Gasteiger charge is -2.06. The molecule has 0 unspecified atom stereocenters. The molecule has 0 aliphatic rings. The first kappa shape index (κ1) is 11.0. The Labute approximate surface area is 96.0 Å². The van der Waals surface area contributed by atoms with Crippen molar-refractivity contribution in [3.8, 4) is 0 Å². The molecule has 1 aromatic carbocycles. The average Bonchev–Trinajstić information content (AvgIpc) is 2.63. The first-order valence-corrected chi connectivity index (χ1v) is 5.57. The van der Waals surface area contributed by atoms with Gasteiger partial charge in [0.1, 0.15) is 17.3 Å². The van der Waals surface area contributed by atoms with Crippen molar-refractivity contribution in [1.29, 1.82) is 0 Å². The topological polar surface area (TPSA) is 24.9 Å². The molecule has 5 heteroatoms. The molecule has 0 amide bonds. The number of rotatable bonds is 3. The molecule has 16 heavy (non-hydrogen) atoms. The van der Waals surface area contributed by atoms with Crippen LogP contribution < -0.4 is 5.32 Å². The van der Waals surface area contributed by atoms with Crippen molar-refractivity contribution in [3.05, 3.63) is 45.9 Å². The SMILES string of the molecule is Cc1ncc(CNc2c(F)cccc2F)s1. The second-order valence-corrected chi connectivity index (χ2v) is 4.62. The van der Waals surface area contributed by atoms with Gasteiger partial charge in [-0.05, 0) is 19.1 Å². The van der Waals surface area contributed by atoms with Crippen LogP contribution in [-0.4, -0.2) is 4.98 Å². The van der Waals surface area contributed by atoms with Gasteiger partial charge in [-0.1, -0.05) is 6.07 Å². The fraction of sp³-hybridized carbons (Fsp3) is 0.182. The monoisotopic (exact) mass is 240 g/mol. The molecule has 0 aliphatic heterocycles. The highest BCUT2D eigenvalue weighted by molar-refractivity contribution is 7.11. The van der Waals surface area contributed by atoms with Crippen LogP contribution in [0.25, 0.3) is 0 Å². The van der Waals surface area contributed by atoms with Gasteiger partial charge in [-0.3, -0.25) is 0 Å². The lowest BCUT2D eigenvalue weighted by molar-refractivity contribution is 0.588. The maximum absolute atomic E-state index is 13.2. The van der Waals surface area contributed by atoms with E-state index in [0.29, 0.717) is 6.54 Å². The van der Waals surface area contributed by atoms with Crippen molar-refractivity contribution in [2.24, 2.45) is 0 Å². The summed E-state index contributed by atoms with van der Waals surface area (Å²) in [6.45, 7) is 2.27. The molecule has 0 saturated heterocycles. The van der Waals surface area contributed by atoms with Gasteiger partial charge in [0.25, 0.3) is 0 Å². The van der Waals surface area contributed by atoms with E-state index in [2.05, 4.69) is 10.3 Å². The predicted molar refractivity (Wildman–Crippen MR) is 60.5 cm³/mol. The fourth-order valence-corrected chi connectivity index (χ4v) is 2.06. The minimum atomic E-state index is -0.582. The van der Waals surface area contributed by atoms with Crippen molar-refractivity contribution >= 4 is 17.0 Å². The molecule has 84 valence electrons. The number of halogens is 2. The Bertz CT molecular complexity index is 476. The van der Waals surface area contributed by atoms with Gasteiger partial charge < -0.3 is 5.32 Å². The van der Waals surface area contributed by atoms with Crippen LogP contribution in [0.15, 0.2) is 24.4 Å². The summed E-state index contributed by atoms with van der Waals surface area (Å²) in [5.74, 6) is -1.16. The molecule has 0 bridgehead atoms. The third-order valence-electron chi connectivity index (χ3n) is 2.07. The van der Waals surface area contributed by atoms with Crippen LogP contribution in [0, 0.1) is 18.6 Å². The summed E-state index contributed by atoms with van der Waals surface area (Å²) >= 11 is 1.50. The van der Waals surface area contributed by atoms with Crippen LogP contribution in [-0.2, 0) is 6.54 Å². The smallest absolute Gasteiger partial charge is 0.149 e. The summed E-state index contributed by atoms with van der Waals surface area (Å²) in [6.07, 6.45) is 1.70. The van der Waals surface area contributed by atoms with Crippen molar-refractivity contribution in [1.82, 2.24) is 4.98 Å². The molecular weight excluding hydrogens is 230 g/mol. The summed E-state index contributed by atoms with van der Waals surface area (Å²) in [4.78, 5) is 5.01. The third-order valence-corrected chi connectivity index (χ3v) is 2.98. The van der Waals surface area contributed by atoms with E-state index in [1.807, 2.05) is 6.92 Å². The molecule has 1 N–H and O–H groups in total. The summed E-state index contributed by atoms with van der Waals surface area (Å²) < 4.78 is 26.5. The molecule has 2 rings (SSSR count). The highest BCUT2D eigenvalue weighted by atomic mass is 32.1. The summed E-state index contributed by atoms with van der Waals surface area (Å²) in [7, 11) is 0. The van der Waals surface area contributed by atoms with Crippen LogP contribution >= 0.6 is 11.3 Å². The molecule has 0 atom stereocenters. The number of hydrogen-bond acceptors (Lipinski definition) is 3. The van der Waals surface area contributed by atoms with Crippen LogP contribution in [0.2, 0.25) is 0 Å². The van der Waals surface area contributed by atoms with E-state index in [4.69, 9.17) is 0 Å². The molecular formula is C11H10F2N2S. The van der Waals surface area contributed by atoms with Crippen LogP contribution in [0.4, 0.5) is 14.5 Å². The Kier molecular flexibility index (Phi) is 3.14. The number of hydrogen-bond donors (Lipinski definition) is 1. The van der Waals surface area contributed by atoms with E-state index in [-0.39, 0.29) is 5.69 Å². The lowest BCUT2D eigenvalue weighted by atomic mass is 10.3. The Morgan fingerprint density at radius 2 is 2.00 bits per heavy atom. The van der Waals surface area contributed by atoms with E-state index in [0.717, 1.165) is 9.88 Å². The van der Waals surface area contributed by atoms with E-state index in [9.17, 15) is 8.78 Å². The second kappa shape index (κ2) is 4.57. The van der Waals surface area contributed by atoms with Gasteiger partial charge in [-0.15, -0.1) is 11.3 Å². The highest BCUT2D eigenvalue weighted by Crippen LogP contribution is 2.20. The first-order valence-electron chi connectivity index (χ1n) is 4.76. The maximum Gasteiger partial charge on any atom is 0.149 e. The number of anilines is 1. The van der Waals surface area contributed by atoms with Gasteiger partial charge in [0.2, 0.25) is 0 Å². The average molecular weight is 240 g/mol. The van der Waals surface area contributed by atoms with E-state index in [1.165, 1.54) is 29.5 Å². The zero-order valence-corrected chi connectivity index (χ0v) is 9.44. The second-order valence-electron chi connectivity index (χ2n) is 3.30. The number of thiazole rings is 1. The Balaban J connectivity index is 2.10. The van der Waals surface area contributed by atoms with Gasteiger partial charge in [0.15, 0.2) is 0 Å². The zero-order valence-electron chi connectivity index (χ0n) is 8.63. The molecule has 1 heterocycles. The molecule has 0 aliphatic carbocycles. The van der Waals surface area contributed by atoms with Gasteiger partial charge in [0, 0.05) is 11.1 Å². The number of aryl methyl sites for hydroxylation is 1. The number of aromatic nitrogens is 1. The van der Waals surface area contributed by atoms with Gasteiger partial charge in [0.05, 0.1) is 11.6 Å². The molecule has 2 aromatic rings. The van der Waals surface area contributed by atoms with Crippen LogP contribution in [0.5, 0.6) is 0 Å². The van der Waals surface area contributed by atoms with E-state index < -0.39 is 11.6 Å².